The van der Waals surface area contributed by atoms with Crippen LogP contribution in [0.25, 0.3) is 0 Å². The van der Waals surface area contributed by atoms with Crippen LogP contribution in [0.5, 0.6) is 0 Å². The molecule has 2 atom stereocenters. The molecule has 0 spiro atoms. The van der Waals surface area contributed by atoms with Crippen molar-refractivity contribution in [2.75, 3.05) is 6.61 Å². The van der Waals surface area contributed by atoms with Gasteiger partial charge in [0, 0.05) is 6.61 Å². The van der Waals surface area contributed by atoms with Crippen LogP contribution in [0.4, 0.5) is 0 Å². The Morgan fingerprint density at radius 2 is 1.82 bits per heavy atom. The highest BCUT2D eigenvalue weighted by atomic mass is 16.3. The van der Waals surface area contributed by atoms with Gasteiger partial charge in [-0.25, -0.2) is 0 Å². The van der Waals surface area contributed by atoms with Gasteiger partial charge in [-0.3, -0.25) is 0 Å². The molecule has 0 aromatic heterocycles. The summed E-state index contributed by atoms with van der Waals surface area (Å²) >= 11 is 0. The van der Waals surface area contributed by atoms with E-state index in [1.807, 2.05) is 0 Å². The van der Waals surface area contributed by atoms with Crippen molar-refractivity contribution in [2.45, 2.75) is 46.5 Å². The van der Waals surface area contributed by atoms with E-state index in [2.05, 4.69) is 20.8 Å². The molecule has 0 saturated carbocycles. The zero-order valence-electron chi connectivity index (χ0n) is 8.14. The Morgan fingerprint density at radius 3 is 2.18 bits per heavy atom. The van der Waals surface area contributed by atoms with Crippen molar-refractivity contribution in [3.05, 3.63) is 0 Å². The van der Waals surface area contributed by atoms with E-state index in [4.69, 9.17) is 5.11 Å². The Morgan fingerprint density at radius 1 is 1.18 bits per heavy atom. The third-order valence-corrected chi connectivity index (χ3v) is 2.55. The minimum atomic E-state index is 0.356. The molecule has 1 heteroatoms. The molecule has 0 bridgehead atoms. The van der Waals surface area contributed by atoms with Gasteiger partial charge in [0.25, 0.3) is 0 Å². The van der Waals surface area contributed by atoms with Crippen LogP contribution < -0.4 is 0 Å². The van der Waals surface area contributed by atoms with Crippen molar-refractivity contribution in [1.29, 1.82) is 0 Å². The fourth-order valence-corrected chi connectivity index (χ4v) is 1.41. The van der Waals surface area contributed by atoms with E-state index in [1.54, 1.807) is 0 Å². The summed E-state index contributed by atoms with van der Waals surface area (Å²) in [5, 5.41) is 8.75. The Kier molecular flexibility index (Phi) is 6.63. The summed E-state index contributed by atoms with van der Waals surface area (Å²) in [7, 11) is 0. The molecule has 0 amide bonds. The lowest BCUT2D eigenvalue weighted by atomic mass is 9.90. The molecule has 1 N–H and O–H groups in total. The molecule has 0 aromatic rings. The second-order valence-corrected chi connectivity index (χ2v) is 3.54. The van der Waals surface area contributed by atoms with Crippen LogP contribution in [0, 0.1) is 11.8 Å². The number of hydrogen-bond acceptors (Lipinski definition) is 1. The lowest BCUT2D eigenvalue weighted by Crippen LogP contribution is -2.06. The van der Waals surface area contributed by atoms with Crippen LogP contribution in [0.2, 0.25) is 0 Å². The highest BCUT2D eigenvalue weighted by molar-refractivity contribution is 4.60. The molecule has 0 heterocycles. The van der Waals surface area contributed by atoms with Gasteiger partial charge >= 0.3 is 0 Å². The fourth-order valence-electron chi connectivity index (χ4n) is 1.41. The van der Waals surface area contributed by atoms with E-state index < -0.39 is 0 Å². The summed E-state index contributed by atoms with van der Waals surface area (Å²) in [5.41, 5.74) is 0. The summed E-state index contributed by atoms with van der Waals surface area (Å²) in [6, 6.07) is 0. The first-order valence-electron chi connectivity index (χ1n) is 4.85. The molecule has 0 aromatic carbocycles. The monoisotopic (exact) mass is 158 g/mol. The Hall–Kier alpha value is -0.0400. The van der Waals surface area contributed by atoms with Gasteiger partial charge in [0.05, 0.1) is 0 Å². The Labute approximate surface area is 70.8 Å². The first kappa shape index (κ1) is 11.0. The van der Waals surface area contributed by atoms with Crippen molar-refractivity contribution in [2.24, 2.45) is 11.8 Å². The van der Waals surface area contributed by atoms with Crippen LogP contribution in [-0.4, -0.2) is 11.7 Å². The molecule has 0 saturated heterocycles. The molecule has 0 aliphatic carbocycles. The lowest BCUT2D eigenvalue weighted by Gasteiger charge is -2.17. The first-order chi connectivity index (χ1) is 5.24. The van der Waals surface area contributed by atoms with E-state index in [-0.39, 0.29) is 0 Å². The van der Waals surface area contributed by atoms with Gasteiger partial charge < -0.3 is 5.11 Å². The fraction of sp³-hybridized carbons (Fsp3) is 1.00. The second kappa shape index (κ2) is 6.66. The predicted octanol–water partition coefficient (Wildman–Crippen LogP) is 2.83. The molecular formula is C10H22O. The van der Waals surface area contributed by atoms with E-state index in [0.29, 0.717) is 6.61 Å². The molecular weight excluding hydrogens is 136 g/mol. The molecule has 0 radical (unpaired) electrons. The van der Waals surface area contributed by atoms with Gasteiger partial charge in [-0.2, -0.15) is 0 Å². The maximum absolute atomic E-state index is 8.75. The topological polar surface area (TPSA) is 20.2 Å². The van der Waals surface area contributed by atoms with Crippen LogP contribution in [0.15, 0.2) is 0 Å². The number of rotatable bonds is 6. The Balaban J connectivity index is 3.49. The van der Waals surface area contributed by atoms with E-state index >= 15 is 0 Å². The lowest BCUT2D eigenvalue weighted by molar-refractivity contribution is 0.236. The van der Waals surface area contributed by atoms with Crippen molar-refractivity contribution >= 4 is 0 Å². The van der Waals surface area contributed by atoms with Gasteiger partial charge in [0.1, 0.15) is 0 Å². The molecule has 0 rings (SSSR count). The molecule has 0 fully saturated rings. The standard InChI is InChI=1S/C10H22O/c1-4-9(3)8-10(5-2)6-7-11/h9-11H,4-8H2,1-3H3. The summed E-state index contributed by atoms with van der Waals surface area (Å²) < 4.78 is 0. The average molecular weight is 158 g/mol. The van der Waals surface area contributed by atoms with Crippen molar-refractivity contribution in [3.63, 3.8) is 0 Å². The van der Waals surface area contributed by atoms with Crippen molar-refractivity contribution in [1.82, 2.24) is 0 Å². The highest BCUT2D eigenvalue weighted by Gasteiger charge is 2.08. The average Bonchev–Trinajstić information content (AvgIpc) is 2.03. The van der Waals surface area contributed by atoms with Gasteiger partial charge in [-0.15, -0.1) is 0 Å². The minimum absolute atomic E-state index is 0.356. The predicted molar refractivity (Wildman–Crippen MR) is 49.6 cm³/mol. The van der Waals surface area contributed by atoms with E-state index in [1.165, 1.54) is 19.3 Å². The summed E-state index contributed by atoms with van der Waals surface area (Å²) in [6.45, 7) is 7.09. The maximum Gasteiger partial charge on any atom is 0.0433 e. The van der Waals surface area contributed by atoms with Gasteiger partial charge in [-0.1, -0.05) is 33.6 Å². The molecule has 0 aliphatic heterocycles. The largest absolute Gasteiger partial charge is 0.396 e. The Bertz CT molecular complexity index is 80.9. The van der Waals surface area contributed by atoms with Gasteiger partial charge in [-0.05, 0) is 24.7 Å². The molecule has 0 aliphatic rings. The van der Waals surface area contributed by atoms with Gasteiger partial charge in [0.2, 0.25) is 0 Å². The summed E-state index contributed by atoms with van der Waals surface area (Å²) in [4.78, 5) is 0. The van der Waals surface area contributed by atoms with Crippen LogP contribution in [0.1, 0.15) is 46.5 Å². The minimum Gasteiger partial charge on any atom is -0.396 e. The number of hydrogen-bond donors (Lipinski definition) is 1. The third-order valence-electron chi connectivity index (χ3n) is 2.55. The zero-order chi connectivity index (χ0) is 8.69. The summed E-state index contributed by atoms with van der Waals surface area (Å²) in [5.74, 6) is 1.57. The smallest absolute Gasteiger partial charge is 0.0433 e. The quantitative estimate of drug-likeness (QED) is 0.630. The molecule has 68 valence electrons. The van der Waals surface area contributed by atoms with E-state index in [0.717, 1.165) is 18.3 Å². The van der Waals surface area contributed by atoms with Crippen LogP contribution in [-0.2, 0) is 0 Å². The summed E-state index contributed by atoms with van der Waals surface area (Å²) in [6.07, 6.45) is 4.75. The molecule has 2 unspecified atom stereocenters. The number of aliphatic hydroxyl groups excluding tert-OH is 1. The van der Waals surface area contributed by atoms with Crippen LogP contribution in [0.3, 0.4) is 0 Å². The van der Waals surface area contributed by atoms with Crippen molar-refractivity contribution < 1.29 is 5.11 Å². The number of aliphatic hydroxyl groups is 1. The third kappa shape index (κ3) is 5.25. The zero-order valence-corrected chi connectivity index (χ0v) is 8.14. The first-order valence-corrected chi connectivity index (χ1v) is 4.85. The molecule has 1 nitrogen and oxygen atoms in total. The van der Waals surface area contributed by atoms with Crippen LogP contribution >= 0.6 is 0 Å². The maximum atomic E-state index is 8.75. The van der Waals surface area contributed by atoms with Crippen molar-refractivity contribution in [3.8, 4) is 0 Å². The second-order valence-electron chi connectivity index (χ2n) is 3.54. The van der Waals surface area contributed by atoms with E-state index in [9.17, 15) is 0 Å². The highest BCUT2D eigenvalue weighted by Crippen LogP contribution is 2.20. The normalized spacial score (nSPS) is 16.4. The molecule has 11 heavy (non-hydrogen) atoms. The SMILES string of the molecule is CCC(C)CC(CC)CCO. The van der Waals surface area contributed by atoms with Gasteiger partial charge in [0.15, 0.2) is 0 Å².